The fourth-order valence-corrected chi connectivity index (χ4v) is 4.80. The molecule has 2 saturated heterocycles. The molecule has 0 unspecified atom stereocenters. The van der Waals surface area contributed by atoms with Gasteiger partial charge in [-0.05, 0) is 69.3 Å². The molecule has 2 atom stereocenters. The Labute approximate surface area is 160 Å². The van der Waals surface area contributed by atoms with Crippen molar-refractivity contribution in [3.63, 3.8) is 0 Å². The summed E-state index contributed by atoms with van der Waals surface area (Å²) in [6.07, 6.45) is 7.65. The lowest BCUT2D eigenvalue weighted by atomic mass is 9.82. The first-order chi connectivity index (χ1) is 12.6. The summed E-state index contributed by atoms with van der Waals surface area (Å²) < 4.78 is 5.29. The molecule has 3 fully saturated rings. The van der Waals surface area contributed by atoms with E-state index in [0.717, 1.165) is 55.1 Å². The van der Waals surface area contributed by atoms with Crippen LogP contribution in [0.4, 0.5) is 5.69 Å². The van der Waals surface area contributed by atoms with E-state index in [1.165, 1.54) is 6.42 Å². The molecule has 26 heavy (non-hydrogen) atoms. The molecule has 3 aliphatic rings. The molecule has 1 aromatic rings. The van der Waals surface area contributed by atoms with Crippen LogP contribution in [-0.2, 0) is 4.79 Å². The van der Waals surface area contributed by atoms with Gasteiger partial charge in [0.2, 0.25) is 5.91 Å². The summed E-state index contributed by atoms with van der Waals surface area (Å²) in [7, 11) is 1.67. The lowest BCUT2D eigenvalue weighted by molar-refractivity contribution is -0.123. The second-order valence-electron chi connectivity index (χ2n) is 7.76. The molecule has 2 bridgehead atoms. The van der Waals surface area contributed by atoms with Crippen molar-refractivity contribution in [2.75, 3.05) is 12.4 Å². The number of hydrogen-bond acceptors (Lipinski definition) is 3. The number of fused-ring (bicyclic) bond motifs is 2. The minimum atomic E-state index is 0.263. The summed E-state index contributed by atoms with van der Waals surface area (Å²) in [6.45, 7) is 0. The van der Waals surface area contributed by atoms with Crippen molar-refractivity contribution in [2.45, 2.75) is 63.1 Å². The summed E-state index contributed by atoms with van der Waals surface area (Å²) in [5.74, 6) is 1.36. The van der Waals surface area contributed by atoms with E-state index in [4.69, 9.17) is 17.0 Å². The molecule has 2 heterocycles. The molecule has 0 aromatic heterocycles. The van der Waals surface area contributed by atoms with Gasteiger partial charge in [0.1, 0.15) is 5.75 Å². The Balaban J connectivity index is 1.41. The molecule has 5 nitrogen and oxygen atoms in total. The minimum absolute atomic E-state index is 0.263. The molecule has 140 valence electrons. The zero-order chi connectivity index (χ0) is 18.1. The quantitative estimate of drug-likeness (QED) is 0.793. The van der Waals surface area contributed by atoms with E-state index >= 15 is 0 Å². The van der Waals surface area contributed by atoms with Crippen LogP contribution in [0, 0.1) is 5.92 Å². The van der Waals surface area contributed by atoms with Crippen molar-refractivity contribution in [1.29, 1.82) is 0 Å². The first kappa shape index (κ1) is 17.6. The zero-order valence-electron chi connectivity index (χ0n) is 15.2. The first-order valence-corrected chi connectivity index (χ1v) is 10.1. The Morgan fingerprint density at radius 2 is 1.92 bits per heavy atom. The van der Waals surface area contributed by atoms with Crippen LogP contribution in [-0.4, -0.2) is 41.2 Å². The van der Waals surface area contributed by atoms with Gasteiger partial charge in [-0.15, -0.1) is 0 Å². The molecule has 0 spiro atoms. The highest BCUT2D eigenvalue weighted by molar-refractivity contribution is 7.80. The van der Waals surface area contributed by atoms with Gasteiger partial charge in [0.05, 0.1) is 7.11 Å². The lowest BCUT2D eigenvalue weighted by Gasteiger charge is -2.50. The number of anilines is 1. The van der Waals surface area contributed by atoms with Crippen LogP contribution in [0.15, 0.2) is 24.3 Å². The van der Waals surface area contributed by atoms with Gasteiger partial charge >= 0.3 is 0 Å². The van der Waals surface area contributed by atoms with Crippen molar-refractivity contribution in [3.8, 4) is 5.75 Å². The Morgan fingerprint density at radius 1 is 1.19 bits per heavy atom. The number of methoxy groups -OCH3 is 1. The zero-order valence-corrected chi connectivity index (χ0v) is 16.1. The van der Waals surface area contributed by atoms with Crippen LogP contribution >= 0.6 is 12.2 Å². The molecule has 1 saturated carbocycles. The summed E-state index contributed by atoms with van der Waals surface area (Å²) in [4.78, 5) is 14.5. The molecule has 2 aliphatic heterocycles. The monoisotopic (exact) mass is 373 g/mol. The van der Waals surface area contributed by atoms with Gasteiger partial charge in [0.25, 0.3) is 0 Å². The van der Waals surface area contributed by atoms with Gasteiger partial charge in [-0.1, -0.05) is 6.07 Å². The number of amides is 1. The van der Waals surface area contributed by atoms with E-state index in [1.54, 1.807) is 7.11 Å². The summed E-state index contributed by atoms with van der Waals surface area (Å²) in [5.41, 5.74) is 0.955. The number of rotatable bonds is 4. The topological polar surface area (TPSA) is 53.6 Å². The number of carbonyl (C=O) groups is 1. The van der Waals surface area contributed by atoms with Crippen molar-refractivity contribution < 1.29 is 9.53 Å². The highest BCUT2D eigenvalue weighted by Gasteiger charge is 2.41. The second kappa shape index (κ2) is 7.43. The normalized spacial score (nSPS) is 27.6. The third kappa shape index (κ3) is 3.80. The highest BCUT2D eigenvalue weighted by atomic mass is 32.1. The van der Waals surface area contributed by atoms with Crippen LogP contribution in [0.1, 0.15) is 44.9 Å². The standard InChI is InChI=1S/C20H27N3O2S/c1-25-18-7-2-4-14(12-18)22-20(26)23-16-5-3-6-17(23)11-15(10-16)21-19(24)13-8-9-13/h2,4,7,12-13,15-17H,3,5-6,8-11H2,1H3,(H,21,24)(H,22,26)/t16-,17-/m1/s1. The van der Waals surface area contributed by atoms with E-state index < -0.39 is 0 Å². The number of hydrogen-bond donors (Lipinski definition) is 2. The summed E-state index contributed by atoms with van der Waals surface area (Å²) in [5, 5.41) is 7.47. The van der Waals surface area contributed by atoms with E-state index in [9.17, 15) is 4.79 Å². The number of piperidine rings is 2. The Hall–Kier alpha value is -1.82. The van der Waals surface area contributed by atoms with E-state index in [0.29, 0.717) is 18.1 Å². The van der Waals surface area contributed by atoms with E-state index in [2.05, 4.69) is 15.5 Å². The fraction of sp³-hybridized carbons (Fsp3) is 0.600. The first-order valence-electron chi connectivity index (χ1n) is 9.68. The molecule has 0 radical (unpaired) electrons. The smallest absolute Gasteiger partial charge is 0.223 e. The predicted molar refractivity (Wildman–Crippen MR) is 106 cm³/mol. The number of nitrogens with one attached hydrogen (secondary N) is 2. The number of thiocarbonyl (C=S) groups is 1. The molecule has 2 N–H and O–H groups in total. The van der Waals surface area contributed by atoms with Crippen LogP contribution in [0.25, 0.3) is 0 Å². The Morgan fingerprint density at radius 3 is 2.58 bits per heavy atom. The summed E-state index contributed by atoms with van der Waals surface area (Å²) >= 11 is 5.75. The maximum absolute atomic E-state index is 12.1. The van der Waals surface area contributed by atoms with E-state index in [-0.39, 0.29) is 11.8 Å². The highest BCUT2D eigenvalue weighted by Crippen LogP contribution is 2.36. The number of benzene rings is 1. The third-order valence-corrected chi connectivity index (χ3v) is 6.14. The molecular weight excluding hydrogens is 346 g/mol. The molecule has 4 rings (SSSR count). The Kier molecular flexibility index (Phi) is 5.02. The maximum Gasteiger partial charge on any atom is 0.223 e. The van der Waals surface area contributed by atoms with Crippen LogP contribution in [0.5, 0.6) is 5.75 Å². The predicted octanol–water partition coefficient (Wildman–Crippen LogP) is 3.30. The second-order valence-corrected chi connectivity index (χ2v) is 8.15. The van der Waals surface area contributed by atoms with Crippen LogP contribution in [0.3, 0.4) is 0 Å². The Bertz CT molecular complexity index is 677. The van der Waals surface area contributed by atoms with Crippen molar-refractivity contribution >= 4 is 28.9 Å². The largest absolute Gasteiger partial charge is 0.497 e. The van der Waals surface area contributed by atoms with Crippen molar-refractivity contribution in [3.05, 3.63) is 24.3 Å². The molecule has 1 amide bonds. The van der Waals surface area contributed by atoms with Crippen LogP contribution in [0.2, 0.25) is 0 Å². The number of carbonyl (C=O) groups excluding carboxylic acids is 1. The van der Waals surface area contributed by atoms with E-state index in [1.807, 2.05) is 24.3 Å². The lowest BCUT2D eigenvalue weighted by Crippen LogP contribution is -2.59. The molecule has 1 aliphatic carbocycles. The minimum Gasteiger partial charge on any atom is -0.497 e. The molecule has 1 aromatic carbocycles. The average molecular weight is 374 g/mol. The third-order valence-electron chi connectivity index (χ3n) is 5.82. The van der Waals surface area contributed by atoms with Gasteiger partial charge in [0.15, 0.2) is 5.11 Å². The van der Waals surface area contributed by atoms with Gasteiger partial charge in [-0.2, -0.15) is 0 Å². The maximum atomic E-state index is 12.1. The van der Waals surface area contributed by atoms with Gasteiger partial charge in [-0.25, -0.2) is 0 Å². The van der Waals surface area contributed by atoms with Crippen LogP contribution < -0.4 is 15.4 Å². The SMILES string of the molecule is COc1cccc(NC(=S)N2[C@@H]3CCC[C@@H]2CC(NC(=O)C2CC2)C3)c1. The molecular formula is C20H27N3O2S. The average Bonchev–Trinajstić information content (AvgIpc) is 3.46. The van der Waals surface area contributed by atoms with Gasteiger partial charge in [0, 0.05) is 35.8 Å². The van der Waals surface area contributed by atoms with Gasteiger partial charge < -0.3 is 20.3 Å². The molecule has 6 heteroatoms. The fourth-order valence-electron chi connectivity index (χ4n) is 4.38. The van der Waals surface area contributed by atoms with Gasteiger partial charge in [-0.3, -0.25) is 4.79 Å². The number of ether oxygens (including phenoxy) is 1. The number of nitrogens with zero attached hydrogens (tertiary/aromatic N) is 1. The summed E-state index contributed by atoms with van der Waals surface area (Å²) in [6, 6.07) is 8.99. The van der Waals surface area contributed by atoms with Crippen molar-refractivity contribution in [1.82, 2.24) is 10.2 Å². The van der Waals surface area contributed by atoms with Crippen molar-refractivity contribution in [2.24, 2.45) is 5.92 Å².